The van der Waals surface area contributed by atoms with Crippen molar-refractivity contribution in [3.05, 3.63) is 68.7 Å². The van der Waals surface area contributed by atoms with E-state index < -0.39 is 22.1 Å². The molecule has 0 aliphatic heterocycles. The predicted octanol–water partition coefficient (Wildman–Crippen LogP) is 2.73. The van der Waals surface area contributed by atoms with Crippen LogP contribution in [0.2, 0.25) is 0 Å². The number of aryl methyl sites for hydroxylation is 1. The van der Waals surface area contributed by atoms with Crippen LogP contribution in [0.3, 0.4) is 0 Å². The minimum Gasteiger partial charge on any atom is -0.365 e. The van der Waals surface area contributed by atoms with Crippen LogP contribution in [0.25, 0.3) is 11.4 Å². The Labute approximate surface area is 178 Å². The Hall–Kier alpha value is -3.60. The van der Waals surface area contributed by atoms with Crippen molar-refractivity contribution in [1.82, 2.24) is 19.7 Å². The number of halogens is 3. The van der Waals surface area contributed by atoms with E-state index >= 15 is 0 Å². The first-order chi connectivity index (χ1) is 14.6. The monoisotopic (exact) mass is 448 g/mol. The van der Waals surface area contributed by atoms with E-state index in [1.54, 1.807) is 60.4 Å². The van der Waals surface area contributed by atoms with E-state index in [1.807, 2.05) is 0 Å². The number of hydrogen-bond acceptors (Lipinski definition) is 8. The van der Waals surface area contributed by atoms with Crippen LogP contribution in [0.15, 0.2) is 50.9 Å². The molecule has 1 N–H and O–H groups in total. The van der Waals surface area contributed by atoms with Crippen LogP contribution in [0.1, 0.15) is 11.5 Å². The molecule has 0 atom stereocenters. The summed E-state index contributed by atoms with van der Waals surface area (Å²) in [6.07, 6.45) is 3.25. The van der Waals surface area contributed by atoms with E-state index in [9.17, 15) is 18.4 Å². The van der Waals surface area contributed by atoms with Gasteiger partial charge in [-0.25, -0.2) is 4.98 Å². The highest BCUT2D eigenvalue weighted by molar-refractivity contribution is 6.21. The molecule has 31 heavy (non-hydrogen) atoms. The van der Waals surface area contributed by atoms with Gasteiger partial charge < -0.3 is 19.3 Å². The summed E-state index contributed by atoms with van der Waals surface area (Å²) in [4.78, 5) is 33.4. The van der Waals surface area contributed by atoms with Gasteiger partial charge in [0.05, 0.1) is 6.33 Å². The lowest BCUT2D eigenvalue weighted by Crippen LogP contribution is -2.40. The van der Waals surface area contributed by atoms with Crippen molar-refractivity contribution in [1.29, 1.82) is 0 Å². The number of aromatic nitrogens is 4. The van der Waals surface area contributed by atoms with Crippen LogP contribution in [-0.4, -0.2) is 26.7 Å². The third-order valence-electron chi connectivity index (χ3n) is 4.53. The first-order valence-corrected chi connectivity index (χ1v) is 9.31. The number of hydrogen-bond donors (Lipinski definition) is 1. The maximum absolute atomic E-state index is 13.0. The normalized spacial score (nSPS) is 11.8. The molecule has 0 aliphatic carbocycles. The predicted molar refractivity (Wildman–Crippen MR) is 109 cm³/mol. The van der Waals surface area contributed by atoms with Crippen LogP contribution in [0.5, 0.6) is 0 Å². The summed E-state index contributed by atoms with van der Waals surface area (Å²) in [6, 6.07) is 6.69. The molecule has 0 bridgehead atoms. The van der Waals surface area contributed by atoms with Crippen LogP contribution in [-0.2, 0) is 19.0 Å². The summed E-state index contributed by atoms with van der Waals surface area (Å²) in [5.41, 5.74) is 0.505. The fraction of sp³-hybridized carbons (Fsp3) is 0.211. The van der Waals surface area contributed by atoms with Crippen molar-refractivity contribution in [2.75, 3.05) is 17.3 Å². The SMILES string of the molecule is CN(Cc1ccc(-c2noc(C(F)(F)Cl)n2)cc1)c1c(Nc2cn(C)cn2)c(=O)c1=O. The molecule has 0 amide bonds. The summed E-state index contributed by atoms with van der Waals surface area (Å²) in [5, 5.41) is 2.63. The van der Waals surface area contributed by atoms with E-state index in [2.05, 4.69) is 25.0 Å². The molecule has 0 spiro atoms. The van der Waals surface area contributed by atoms with Gasteiger partial charge in [0, 0.05) is 32.4 Å². The second kappa shape index (κ2) is 7.58. The average molecular weight is 449 g/mol. The van der Waals surface area contributed by atoms with Gasteiger partial charge in [-0.1, -0.05) is 29.4 Å². The standard InChI is InChI=1S/C19H15ClF2N6O3/c1-27-8-12(23-9-27)24-13-14(16(30)15(13)29)28(2)7-10-3-5-11(6-4-10)17-25-18(31-26-17)19(20,21)22/h3-6,8-9,24H,7H2,1-2H3. The quantitative estimate of drug-likeness (QED) is 0.340. The number of nitrogens with zero attached hydrogens (tertiary/aromatic N) is 5. The molecule has 2 aromatic heterocycles. The van der Waals surface area contributed by atoms with E-state index in [-0.39, 0.29) is 17.2 Å². The van der Waals surface area contributed by atoms with Gasteiger partial charge in [0.25, 0.3) is 10.9 Å². The van der Waals surface area contributed by atoms with Crippen LogP contribution in [0, 0.1) is 0 Å². The molecule has 0 radical (unpaired) electrons. The summed E-state index contributed by atoms with van der Waals surface area (Å²) in [6.45, 7) is 0.319. The lowest BCUT2D eigenvalue weighted by atomic mass is 10.1. The first kappa shape index (κ1) is 20.7. The Kier molecular flexibility index (Phi) is 5.05. The molecule has 2 aromatic carbocycles. The fourth-order valence-corrected chi connectivity index (χ4v) is 3.11. The zero-order valence-corrected chi connectivity index (χ0v) is 17.0. The smallest absolute Gasteiger partial charge is 0.365 e. The number of benzene rings is 1. The highest BCUT2D eigenvalue weighted by Gasteiger charge is 2.35. The summed E-state index contributed by atoms with van der Waals surface area (Å²) < 4.78 is 32.2. The van der Waals surface area contributed by atoms with Gasteiger partial charge in [-0.15, -0.1) is 0 Å². The van der Waals surface area contributed by atoms with Gasteiger partial charge in [0.2, 0.25) is 5.82 Å². The molecule has 12 heteroatoms. The molecule has 4 aromatic rings. The lowest BCUT2D eigenvalue weighted by Gasteiger charge is -2.23. The van der Waals surface area contributed by atoms with Crippen molar-refractivity contribution in [3.63, 3.8) is 0 Å². The maximum atomic E-state index is 13.0. The lowest BCUT2D eigenvalue weighted by molar-refractivity contribution is 0.0551. The van der Waals surface area contributed by atoms with Crippen molar-refractivity contribution in [2.45, 2.75) is 11.9 Å². The van der Waals surface area contributed by atoms with E-state index in [1.165, 1.54) is 0 Å². The van der Waals surface area contributed by atoms with Crippen LogP contribution < -0.4 is 21.1 Å². The fourth-order valence-electron chi connectivity index (χ4n) is 3.03. The van der Waals surface area contributed by atoms with Crippen molar-refractivity contribution in [3.8, 4) is 11.4 Å². The third kappa shape index (κ3) is 4.04. The van der Waals surface area contributed by atoms with Crippen molar-refractivity contribution in [2.24, 2.45) is 7.05 Å². The van der Waals surface area contributed by atoms with Gasteiger partial charge in [-0.05, 0) is 17.2 Å². The molecular formula is C19H15ClF2N6O3. The second-order valence-electron chi connectivity index (χ2n) is 6.91. The van der Waals surface area contributed by atoms with E-state index in [0.29, 0.717) is 17.9 Å². The van der Waals surface area contributed by atoms with Crippen LogP contribution >= 0.6 is 11.6 Å². The zero-order chi connectivity index (χ0) is 22.3. The molecule has 4 rings (SSSR count). The molecule has 2 heterocycles. The summed E-state index contributed by atoms with van der Waals surface area (Å²) in [7, 11) is 3.47. The van der Waals surface area contributed by atoms with Gasteiger partial charge in [0.15, 0.2) is 0 Å². The van der Waals surface area contributed by atoms with Gasteiger partial charge in [0.1, 0.15) is 17.2 Å². The second-order valence-corrected chi connectivity index (χ2v) is 7.38. The Balaban J connectivity index is 1.49. The molecule has 0 aliphatic rings. The van der Waals surface area contributed by atoms with Gasteiger partial charge in [-0.2, -0.15) is 13.8 Å². The third-order valence-corrected chi connectivity index (χ3v) is 4.69. The molecule has 0 saturated heterocycles. The molecule has 0 saturated carbocycles. The summed E-state index contributed by atoms with van der Waals surface area (Å²) in [5.74, 6) is -0.559. The number of anilines is 3. The average Bonchev–Trinajstić information content (AvgIpc) is 3.37. The maximum Gasteiger partial charge on any atom is 0.400 e. The first-order valence-electron chi connectivity index (χ1n) is 8.93. The Morgan fingerprint density at radius 3 is 2.52 bits per heavy atom. The molecule has 160 valence electrons. The minimum atomic E-state index is -3.74. The molecule has 0 fully saturated rings. The molecule has 0 unspecified atom stereocenters. The topological polar surface area (TPSA) is 106 Å². The van der Waals surface area contributed by atoms with E-state index in [4.69, 9.17) is 11.6 Å². The zero-order valence-electron chi connectivity index (χ0n) is 16.3. The minimum absolute atomic E-state index is 0.0282. The van der Waals surface area contributed by atoms with Crippen molar-refractivity contribution < 1.29 is 13.3 Å². The number of nitrogens with one attached hydrogen (secondary N) is 1. The number of imidazole rings is 1. The molecular weight excluding hydrogens is 434 g/mol. The number of alkyl halides is 3. The highest BCUT2D eigenvalue weighted by atomic mass is 35.5. The van der Waals surface area contributed by atoms with Gasteiger partial charge >= 0.3 is 11.3 Å². The van der Waals surface area contributed by atoms with Crippen LogP contribution in [0.4, 0.5) is 26.0 Å². The molecule has 9 nitrogen and oxygen atoms in total. The highest BCUT2D eigenvalue weighted by Crippen LogP contribution is 2.32. The summed E-state index contributed by atoms with van der Waals surface area (Å²) >= 11 is 4.88. The van der Waals surface area contributed by atoms with Crippen molar-refractivity contribution >= 4 is 28.8 Å². The Morgan fingerprint density at radius 2 is 1.94 bits per heavy atom. The van der Waals surface area contributed by atoms with E-state index in [0.717, 1.165) is 5.56 Å². The Morgan fingerprint density at radius 1 is 1.23 bits per heavy atom. The van der Waals surface area contributed by atoms with Gasteiger partial charge in [-0.3, -0.25) is 9.59 Å². The largest absolute Gasteiger partial charge is 0.400 e. The number of rotatable bonds is 7. The Bertz CT molecular complexity index is 1300.